The summed E-state index contributed by atoms with van der Waals surface area (Å²) in [6.45, 7) is 10.3. The summed E-state index contributed by atoms with van der Waals surface area (Å²) < 4.78 is 0. The van der Waals surface area contributed by atoms with E-state index in [1.165, 1.54) is 22.3 Å². The molecule has 0 bridgehead atoms. The molecule has 5 heteroatoms. The Balaban J connectivity index is 0.00000176. The van der Waals surface area contributed by atoms with Crippen LogP contribution in [0.3, 0.4) is 0 Å². The molecule has 1 aromatic carbocycles. The van der Waals surface area contributed by atoms with E-state index >= 15 is 0 Å². The highest BCUT2D eigenvalue weighted by Crippen LogP contribution is 2.31. The fraction of sp³-hybridized carbons (Fsp3) is 0.455. The Hall–Kier alpha value is -1.61. The molecule has 0 spiro atoms. The van der Waals surface area contributed by atoms with Gasteiger partial charge in [-0.1, -0.05) is 61.8 Å². The lowest BCUT2D eigenvalue weighted by Crippen LogP contribution is -1.96. The predicted octanol–water partition coefficient (Wildman–Crippen LogP) is 6.50. The van der Waals surface area contributed by atoms with Crippen LogP contribution in [0.2, 0.25) is 0 Å². The molecule has 0 atom stereocenters. The van der Waals surface area contributed by atoms with Crippen LogP contribution in [-0.2, 0) is 12.8 Å². The number of allylic oxidation sites excluding steroid dienone is 6. The summed E-state index contributed by atoms with van der Waals surface area (Å²) in [6.07, 6.45) is 7.96. The van der Waals surface area contributed by atoms with Crippen molar-refractivity contribution in [1.29, 1.82) is 0 Å². The second-order valence-electron chi connectivity index (χ2n) is 6.60. The van der Waals surface area contributed by atoms with Crippen molar-refractivity contribution in [2.45, 2.75) is 60.3 Å². The van der Waals surface area contributed by atoms with E-state index in [9.17, 15) is 4.91 Å². The highest BCUT2D eigenvalue weighted by Gasteiger charge is 2.12. The molecule has 4 nitrogen and oxygen atoms in total. The van der Waals surface area contributed by atoms with E-state index in [2.05, 4.69) is 37.2 Å². The Morgan fingerprint density at radius 3 is 2.44 bits per heavy atom. The van der Waals surface area contributed by atoms with Crippen LogP contribution in [-0.4, -0.2) is 15.9 Å². The fourth-order valence-electron chi connectivity index (χ4n) is 3.21. The van der Waals surface area contributed by atoms with E-state index in [4.69, 9.17) is 9.79 Å². The SMILES string of the molecule is CC.CCc1cc(CC2=C(C)C=C(CCP(O)O)C=C(C)C2)ccc1N=O. The predicted molar refractivity (Wildman–Crippen MR) is 116 cm³/mol. The third kappa shape index (κ3) is 7.50. The van der Waals surface area contributed by atoms with Gasteiger partial charge >= 0.3 is 0 Å². The molecule has 1 aliphatic carbocycles. The van der Waals surface area contributed by atoms with Crippen molar-refractivity contribution in [2.24, 2.45) is 5.18 Å². The minimum Gasteiger partial charge on any atom is -0.350 e. The fourth-order valence-corrected chi connectivity index (χ4v) is 3.67. The van der Waals surface area contributed by atoms with Gasteiger partial charge in [0.15, 0.2) is 8.38 Å². The van der Waals surface area contributed by atoms with E-state index in [-0.39, 0.29) is 0 Å². The van der Waals surface area contributed by atoms with Gasteiger partial charge in [0.25, 0.3) is 0 Å². The van der Waals surface area contributed by atoms with Crippen molar-refractivity contribution < 1.29 is 9.79 Å². The summed E-state index contributed by atoms with van der Waals surface area (Å²) in [6, 6.07) is 5.87. The molecule has 1 aromatic rings. The van der Waals surface area contributed by atoms with Crippen LogP contribution in [0.25, 0.3) is 0 Å². The van der Waals surface area contributed by atoms with Gasteiger partial charge in [0.2, 0.25) is 0 Å². The van der Waals surface area contributed by atoms with Crippen LogP contribution >= 0.6 is 8.38 Å². The van der Waals surface area contributed by atoms with E-state index in [1.807, 2.05) is 32.9 Å². The summed E-state index contributed by atoms with van der Waals surface area (Å²) in [4.78, 5) is 29.2. The molecule has 0 heterocycles. The van der Waals surface area contributed by atoms with Gasteiger partial charge in [0.05, 0.1) is 0 Å². The van der Waals surface area contributed by atoms with Gasteiger partial charge in [-0.3, -0.25) is 0 Å². The zero-order valence-corrected chi connectivity index (χ0v) is 18.0. The minimum atomic E-state index is -1.84. The minimum absolute atomic E-state index is 0.410. The van der Waals surface area contributed by atoms with Crippen molar-refractivity contribution in [2.75, 3.05) is 6.16 Å². The first-order valence-corrected chi connectivity index (χ1v) is 11.0. The second-order valence-corrected chi connectivity index (χ2v) is 7.80. The van der Waals surface area contributed by atoms with Gasteiger partial charge in [0.1, 0.15) is 5.69 Å². The smallest absolute Gasteiger partial charge is 0.165 e. The Bertz CT molecular complexity index is 733. The maximum atomic E-state index is 10.9. The third-order valence-corrected chi connectivity index (χ3v) is 5.15. The van der Waals surface area contributed by atoms with Crippen LogP contribution in [0, 0.1) is 4.91 Å². The van der Waals surface area contributed by atoms with Gasteiger partial charge in [-0.25, -0.2) is 0 Å². The molecule has 0 saturated carbocycles. The van der Waals surface area contributed by atoms with Crippen molar-refractivity contribution in [1.82, 2.24) is 0 Å². The van der Waals surface area contributed by atoms with Crippen molar-refractivity contribution >= 4 is 14.1 Å². The molecular weight excluding hydrogens is 357 g/mol. The normalized spacial score (nSPS) is 14.2. The standard InChI is InChI=1S/C20H26NO3P.C2H6/c1-4-18-12-16(5-6-20(18)21-22)13-19-10-14(2)9-17(11-15(19)3)7-8-25(23)24;1-2/h5-6,9,11-12,23-24H,4,7-8,10,13H2,1-3H3;1-2H3. The average molecular weight is 389 g/mol. The van der Waals surface area contributed by atoms with Crippen LogP contribution in [0.1, 0.15) is 58.6 Å². The van der Waals surface area contributed by atoms with Crippen LogP contribution < -0.4 is 0 Å². The number of hydrogen-bond donors (Lipinski definition) is 2. The largest absolute Gasteiger partial charge is 0.350 e. The van der Waals surface area contributed by atoms with Gasteiger partial charge in [-0.05, 0) is 67.5 Å². The number of nitrogens with zero attached hydrogens (tertiary/aromatic N) is 1. The lowest BCUT2D eigenvalue weighted by atomic mass is 9.94. The van der Waals surface area contributed by atoms with Crippen molar-refractivity contribution in [3.8, 4) is 0 Å². The van der Waals surface area contributed by atoms with Crippen LogP contribution in [0.5, 0.6) is 0 Å². The first-order chi connectivity index (χ1) is 12.9. The van der Waals surface area contributed by atoms with Crippen LogP contribution in [0.4, 0.5) is 5.69 Å². The summed E-state index contributed by atoms with van der Waals surface area (Å²) in [5, 5.41) is 3.10. The van der Waals surface area contributed by atoms with Gasteiger partial charge in [0, 0.05) is 6.16 Å². The molecule has 0 unspecified atom stereocenters. The zero-order chi connectivity index (χ0) is 20.4. The summed E-state index contributed by atoms with van der Waals surface area (Å²) in [7, 11) is -1.84. The number of hydrogen-bond acceptors (Lipinski definition) is 4. The quantitative estimate of drug-likeness (QED) is 0.413. The second kappa shape index (κ2) is 12.0. The molecule has 0 fully saturated rings. The number of benzene rings is 1. The summed E-state index contributed by atoms with van der Waals surface area (Å²) >= 11 is 0. The van der Waals surface area contributed by atoms with Gasteiger partial charge in [-0.2, -0.15) is 0 Å². The van der Waals surface area contributed by atoms with Gasteiger partial charge < -0.3 is 9.79 Å². The molecule has 0 radical (unpaired) electrons. The molecule has 0 amide bonds. The topological polar surface area (TPSA) is 69.9 Å². The number of rotatable bonds is 7. The van der Waals surface area contributed by atoms with Gasteiger partial charge in [-0.15, -0.1) is 4.91 Å². The first-order valence-electron chi connectivity index (χ1n) is 9.59. The maximum Gasteiger partial charge on any atom is 0.165 e. The molecule has 2 rings (SSSR count). The van der Waals surface area contributed by atoms with Crippen molar-refractivity contribution in [3.05, 3.63) is 68.7 Å². The molecule has 0 saturated heterocycles. The summed E-state index contributed by atoms with van der Waals surface area (Å²) in [5.41, 5.74) is 7.72. The van der Waals surface area contributed by atoms with Crippen molar-refractivity contribution in [3.63, 3.8) is 0 Å². The first kappa shape index (κ1) is 23.4. The maximum absolute atomic E-state index is 10.9. The van der Waals surface area contributed by atoms with E-state index in [1.54, 1.807) is 0 Å². The molecule has 148 valence electrons. The highest BCUT2D eigenvalue weighted by atomic mass is 31.2. The van der Waals surface area contributed by atoms with E-state index in [0.29, 0.717) is 18.3 Å². The molecule has 0 aliphatic heterocycles. The molecule has 1 aliphatic rings. The van der Waals surface area contributed by atoms with E-state index in [0.717, 1.165) is 30.4 Å². The summed E-state index contributed by atoms with van der Waals surface area (Å²) in [5.74, 6) is 0. The van der Waals surface area contributed by atoms with E-state index < -0.39 is 8.38 Å². The molecule has 27 heavy (non-hydrogen) atoms. The number of aryl methyl sites for hydroxylation is 1. The third-order valence-electron chi connectivity index (χ3n) is 4.52. The Kier molecular flexibility index (Phi) is 10.4. The highest BCUT2D eigenvalue weighted by molar-refractivity contribution is 7.45. The monoisotopic (exact) mass is 389 g/mol. The lowest BCUT2D eigenvalue weighted by Gasteiger charge is -2.11. The zero-order valence-electron chi connectivity index (χ0n) is 17.1. The average Bonchev–Trinajstić information content (AvgIpc) is 2.79. The van der Waals surface area contributed by atoms with Crippen LogP contribution in [0.15, 0.2) is 57.8 Å². The Morgan fingerprint density at radius 2 is 1.85 bits per heavy atom. The Morgan fingerprint density at radius 1 is 1.15 bits per heavy atom. The lowest BCUT2D eigenvalue weighted by molar-refractivity contribution is 0.482. The molecule has 0 aromatic heterocycles. The molecule has 2 N–H and O–H groups in total. The molecular formula is C22H32NO3P. The Labute approximate surface area is 164 Å². The number of nitroso groups, excluding NO2 is 1.